The van der Waals surface area contributed by atoms with Gasteiger partial charge in [0.05, 0.1) is 24.3 Å². The van der Waals surface area contributed by atoms with E-state index in [1.165, 1.54) is 0 Å². The van der Waals surface area contributed by atoms with Crippen LogP contribution in [-0.2, 0) is 9.53 Å². The molecule has 1 aromatic heterocycles. The van der Waals surface area contributed by atoms with Gasteiger partial charge in [0, 0.05) is 18.5 Å². The predicted octanol–water partition coefficient (Wildman–Crippen LogP) is 1.52. The smallest absolute Gasteiger partial charge is 0.312 e. The molecule has 3 heterocycles. The van der Waals surface area contributed by atoms with E-state index in [0.29, 0.717) is 19.1 Å². The zero-order valence-corrected chi connectivity index (χ0v) is 12.8. The topological polar surface area (TPSA) is 68.2 Å². The van der Waals surface area contributed by atoms with Gasteiger partial charge in [0.1, 0.15) is 5.82 Å². The average molecular weight is 292 g/mol. The highest BCUT2D eigenvalue weighted by Crippen LogP contribution is 2.33. The summed E-state index contributed by atoms with van der Waals surface area (Å²) < 4.78 is 7.12. The standard InChI is InChI=1S/C15H24N4O2/c1-3-21-15(20)12-9-17-14-8-13(18-19(14)10(12)2)11-4-6-16-7-5-11/h8,10-12,16-17H,3-7,9H2,1-2H3. The van der Waals surface area contributed by atoms with Crippen molar-refractivity contribution in [3.63, 3.8) is 0 Å². The van der Waals surface area contributed by atoms with Crippen molar-refractivity contribution in [3.8, 4) is 0 Å². The third-order valence-corrected chi connectivity index (χ3v) is 4.57. The molecular formula is C15H24N4O2. The van der Waals surface area contributed by atoms with Crippen LogP contribution in [0.1, 0.15) is 44.3 Å². The Balaban J connectivity index is 1.78. The number of piperidine rings is 1. The first-order valence-electron chi connectivity index (χ1n) is 7.91. The van der Waals surface area contributed by atoms with Crippen LogP contribution in [0, 0.1) is 5.92 Å². The second-order valence-corrected chi connectivity index (χ2v) is 5.90. The second-order valence-electron chi connectivity index (χ2n) is 5.90. The molecule has 6 nitrogen and oxygen atoms in total. The molecule has 0 radical (unpaired) electrons. The number of fused-ring (bicyclic) bond motifs is 1. The van der Waals surface area contributed by atoms with Crippen molar-refractivity contribution in [1.82, 2.24) is 15.1 Å². The highest BCUT2D eigenvalue weighted by Gasteiger charge is 2.34. The summed E-state index contributed by atoms with van der Waals surface area (Å²) in [5.74, 6) is 1.25. The van der Waals surface area contributed by atoms with E-state index in [0.717, 1.165) is 37.4 Å². The maximum atomic E-state index is 12.0. The van der Waals surface area contributed by atoms with E-state index in [1.807, 2.05) is 18.5 Å². The summed E-state index contributed by atoms with van der Waals surface area (Å²) in [7, 11) is 0. The molecule has 1 aromatic rings. The maximum Gasteiger partial charge on any atom is 0.312 e. The first-order valence-corrected chi connectivity index (χ1v) is 7.91. The van der Waals surface area contributed by atoms with Crippen LogP contribution in [0.3, 0.4) is 0 Å². The molecule has 1 saturated heterocycles. The Bertz CT molecular complexity index is 508. The van der Waals surface area contributed by atoms with Gasteiger partial charge in [-0.1, -0.05) is 0 Å². The molecule has 1 fully saturated rings. The van der Waals surface area contributed by atoms with Crippen LogP contribution in [0.2, 0.25) is 0 Å². The lowest BCUT2D eigenvalue weighted by Crippen LogP contribution is -2.37. The van der Waals surface area contributed by atoms with Crippen LogP contribution in [0.15, 0.2) is 6.07 Å². The molecule has 0 aliphatic carbocycles. The molecule has 21 heavy (non-hydrogen) atoms. The number of esters is 1. The van der Waals surface area contributed by atoms with Gasteiger partial charge in [-0.05, 0) is 39.8 Å². The van der Waals surface area contributed by atoms with E-state index in [4.69, 9.17) is 9.84 Å². The summed E-state index contributed by atoms with van der Waals surface area (Å²) in [6, 6.07) is 2.18. The van der Waals surface area contributed by atoms with Crippen molar-refractivity contribution in [2.75, 3.05) is 31.6 Å². The van der Waals surface area contributed by atoms with Crippen molar-refractivity contribution in [2.45, 2.75) is 38.6 Å². The highest BCUT2D eigenvalue weighted by atomic mass is 16.5. The lowest BCUT2D eigenvalue weighted by atomic mass is 9.95. The molecule has 3 rings (SSSR count). The van der Waals surface area contributed by atoms with E-state index in [-0.39, 0.29) is 17.9 Å². The van der Waals surface area contributed by atoms with Crippen LogP contribution in [0.5, 0.6) is 0 Å². The number of anilines is 1. The first kappa shape index (κ1) is 14.4. The van der Waals surface area contributed by atoms with Crippen LogP contribution in [0.4, 0.5) is 5.82 Å². The van der Waals surface area contributed by atoms with E-state index in [2.05, 4.69) is 16.7 Å². The van der Waals surface area contributed by atoms with E-state index in [9.17, 15) is 4.79 Å². The molecule has 0 amide bonds. The largest absolute Gasteiger partial charge is 0.466 e. The van der Waals surface area contributed by atoms with E-state index < -0.39 is 0 Å². The van der Waals surface area contributed by atoms with Crippen LogP contribution in [0.25, 0.3) is 0 Å². The number of hydrogen-bond donors (Lipinski definition) is 2. The Morgan fingerprint density at radius 1 is 1.48 bits per heavy atom. The number of hydrogen-bond acceptors (Lipinski definition) is 5. The number of aromatic nitrogens is 2. The maximum absolute atomic E-state index is 12.0. The van der Waals surface area contributed by atoms with Crippen LogP contribution >= 0.6 is 0 Å². The lowest BCUT2D eigenvalue weighted by Gasteiger charge is -2.29. The molecule has 2 N–H and O–H groups in total. The number of carbonyl (C=O) groups is 1. The number of nitrogens with one attached hydrogen (secondary N) is 2. The summed E-state index contributed by atoms with van der Waals surface area (Å²) >= 11 is 0. The number of nitrogens with zero attached hydrogens (tertiary/aromatic N) is 2. The molecule has 0 spiro atoms. The average Bonchev–Trinajstić information content (AvgIpc) is 2.94. The van der Waals surface area contributed by atoms with Gasteiger partial charge in [0.25, 0.3) is 0 Å². The number of rotatable bonds is 3. The number of ether oxygens (including phenoxy) is 1. The minimum absolute atomic E-state index is 0.0377. The Morgan fingerprint density at radius 3 is 2.95 bits per heavy atom. The summed E-state index contributed by atoms with van der Waals surface area (Å²) in [6.45, 7) is 7.05. The second kappa shape index (κ2) is 6.05. The predicted molar refractivity (Wildman–Crippen MR) is 80.4 cm³/mol. The molecule has 0 bridgehead atoms. The summed E-state index contributed by atoms with van der Waals surface area (Å²) in [6.07, 6.45) is 2.26. The van der Waals surface area contributed by atoms with Crippen LogP contribution in [-0.4, -0.2) is 42.0 Å². The fourth-order valence-corrected chi connectivity index (χ4v) is 3.26. The third-order valence-electron chi connectivity index (χ3n) is 4.57. The minimum Gasteiger partial charge on any atom is -0.466 e. The van der Waals surface area contributed by atoms with Gasteiger partial charge >= 0.3 is 5.97 Å². The molecule has 2 aliphatic heterocycles. The summed E-state index contributed by atoms with van der Waals surface area (Å²) in [4.78, 5) is 12.0. The van der Waals surface area contributed by atoms with Crippen molar-refractivity contribution in [1.29, 1.82) is 0 Å². The molecule has 6 heteroatoms. The van der Waals surface area contributed by atoms with Crippen molar-refractivity contribution < 1.29 is 9.53 Å². The van der Waals surface area contributed by atoms with Gasteiger partial charge in [-0.3, -0.25) is 4.79 Å². The van der Waals surface area contributed by atoms with Gasteiger partial charge in [0.2, 0.25) is 0 Å². The zero-order chi connectivity index (χ0) is 14.8. The minimum atomic E-state index is -0.168. The van der Waals surface area contributed by atoms with E-state index >= 15 is 0 Å². The highest BCUT2D eigenvalue weighted by molar-refractivity contribution is 5.74. The molecule has 2 aliphatic rings. The van der Waals surface area contributed by atoms with Crippen molar-refractivity contribution in [3.05, 3.63) is 11.8 Å². The van der Waals surface area contributed by atoms with Gasteiger partial charge in [0.15, 0.2) is 0 Å². The normalized spacial score (nSPS) is 26.0. The summed E-state index contributed by atoms with van der Waals surface area (Å²) in [5.41, 5.74) is 1.15. The Kier molecular flexibility index (Phi) is 4.14. The first-order chi connectivity index (χ1) is 10.2. The molecule has 0 aromatic carbocycles. The Hall–Kier alpha value is -1.56. The molecular weight excluding hydrogens is 268 g/mol. The molecule has 116 valence electrons. The van der Waals surface area contributed by atoms with Crippen molar-refractivity contribution >= 4 is 11.8 Å². The fraction of sp³-hybridized carbons (Fsp3) is 0.733. The monoisotopic (exact) mass is 292 g/mol. The fourth-order valence-electron chi connectivity index (χ4n) is 3.26. The van der Waals surface area contributed by atoms with E-state index in [1.54, 1.807) is 0 Å². The van der Waals surface area contributed by atoms with Gasteiger partial charge in [-0.15, -0.1) is 0 Å². The SMILES string of the molecule is CCOC(=O)C1CNc2cc(C3CCNCC3)nn2C1C. The van der Waals surface area contributed by atoms with Gasteiger partial charge in [-0.2, -0.15) is 5.10 Å². The Morgan fingerprint density at radius 2 is 2.24 bits per heavy atom. The lowest BCUT2D eigenvalue weighted by molar-refractivity contribution is -0.149. The number of carbonyl (C=O) groups excluding carboxylic acids is 1. The van der Waals surface area contributed by atoms with Crippen molar-refractivity contribution in [2.24, 2.45) is 5.92 Å². The van der Waals surface area contributed by atoms with Gasteiger partial charge < -0.3 is 15.4 Å². The zero-order valence-electron chi connectivity index (χ0n) is 12.8. The van der Waals surface area contributed by atoms with Crippen LogP contribution < -0.4 is 10.6 Å². The third kappa shape index (κ3) is 2.77. The molecule has 2 unspecified atom stereocenters. The molecule has 0 saturated carbocycles. The quantitative estimate of drug-likeness (QED) is 0.827. The Labute approximate surface area is 125 Å². The molecule has 2 atom stereocenters. The van der Waals surface area contributed by atoms with Gasteiger partial charge in [-0.25, -0.2) is 4.68 Å². The summed E-state index contributed by atoms with van der Waals surface area (Å²) in [5, 5.41) is 11.5.